The predicted molar refractivity (Wildman–Crippen MR) is 79.9 cm³/mol. The molecule has 22 heavy (non-hydrogen) atoms. The summed E-state index contributed by atoms with van der Waals surface area (Å²) in [5.74, 6) is -0.365. The molecule has 1 saturated heterocycles. The van der Waals surface area contributed by atoms with Gasteiger partial charge in [-0.15, -0.1) is 0 Å². The molecule has 1 fully saturated rings. The molecule has 4 rings (SSSR count). The normalized spacial score (nSPS) is 25.9. The molecule has 0 unspecified atom stereocenters. The number of carbonyl (C=O) groups is 2. The summed E-state index contributed by atoms with van der Waals surface area (Å²) in [6.07, 6.45) is 4.35. The van der Waals surface area contributed by atoms with Crippen molar-refractivity contribution >= 4 is 12.1 Å². The average Bonchev–Trinajstić information content (AvgIpc) is 2.60. The van der Waals surface area contributed by atoms with Gasteiger partial charge in [-0.05, 0) is 17.9 Å². The number of nitrogens with zero attached hydrogens (tertiary/aromatic N) is 1. The summed E-state index contributed by atoms with van der Waals surface area (Å²) < 4.78 is 10.2. The van der Waals surface area contributed by atoms with Gasteiger partial charge in [-0.25, -0.2) is 4.79 Å². The Bertz CT molecular complexity index is 584. The van der Waals surface area contributed by atoms with Crippen LogP contribution in [0.4, 0.5) is 4.79 Å². The molecule has 0 saturated carbocycles. The zero-order chi connectivity index (χ0) is 15.5. The highest BCUT2D eigenvalue weighted by atomic mass is 16.6. The Morgan fingerprint density at radius 3 is 2.68 bits per heavy atom. The molecule has 0 aromatic heterocycles. The lowest BCUT2D eigenvalue weighted by molar-refractivity contribution is -0.149. The smallest absolute Gasteiger partial charge is 0.410 e. The van der Waals surface area contributed by atoms with Crippen LogP contribution >= 0.6 is 0 Å². The predicted octanol–water partition coefficient (Wildman–Crippen LogP) is 2.37. The first kappa shape index (κ1) is 14.6. The van der Waals surface area contributed by atoms with Crippen LogP contribution in [0.25, 0.3) is 0 Å². The maximum Gasteiger partial charge on any atom is 0.410 e. The van der Waals surface area contributed by atoms with E-state index in [4.69, 9.17) is 9.47 Å². The van der Waals surface area contributed by atoms with E-state index in [1.165, 1.54) is 7.11 Å². The lowest BCUT2D eigenvalue weighted by Gasteiger charge is -2.44. The van der Waals surface area contributed by atoms with Crippen LogP contribution in [0, 0.1) is 11.8 Å². The van der Waals surface area contributed by atoms with Crippen LogP contribution in [0.1, 0.15) is 12.0 Å². The minimum Gasteiger partial charge on any atom is -0.469 e. The maximum absolute atomic E-state index is 12.3. The number of ether oxygens (including phenoxy) is 2. The first-order chi connectivity index (χ1) is 10.7. The van der Waals surface area contributed by atoms with E-state index < -0.39 is 0 Å². The highest BCUT2D eigenvalue weighted by Crippen LogP contribution is 2.35. The molecule has 0 radical (unpaired) electrons. The Balaban J connectivity index is 1.65. The molecule has 116 valence electrons. The van der Waals surface area contributed by atoms with Crippen molar-refractivity contribution in [2.75, 3.05) is 13.7 Å². The van der Waals surface area contributed by atoms with Gasteiger partial charge < -0.3 is 14.4 Å². The number of methoxy groups -OCH3 is 1. The summed E-state index contributed by atoms with van der Waals surface area (Å²) in [6.45, 7) is 0.836. The fourth-order valence-electron chi connectivity index (χ4n) is 3.17. The van der Waals surface area contributed by atoms with Crippen molar-refractivity contribution in [2.24, 2.45) is 11.8 Å². The number of hydrogen-bond donors (Lipinski definition) is 0. The Morgan fingerprint density at radius 1 is 1.23 bits per heavy atom. The molecule has 0 N–H and O–H groups in total. The molecule has 3 atom stereocenters. The monoisotopic (exact) mass is 301 g/mol. The second-order valence-electron chi connectivity index (χ2n) is 5.69. The Labute approximate surface area is 129 Å². The van der Waals surface area contributed by atoms with Crippen LogP contribution in [0.2, 0.25) is 0 Å². The molecule has 3 aliphatic rings. The first-order valence-corrected chi connectivity index (χ1v) is 7.42. The third-order valence-electron chi connectivity index (χ3n) is 4.28. The molecule has 5 heteroatoms. The summed E-state index contributed by atoms with van der Waals surface area (Å²) in [6, 6.07) is 9.28. The zero-order valence-corrected chi connectivity index (χ0v) is 12.5. The van der Waals surface area contributed by atoms with Gasteiger partial charge in [0, 0.05) is 6.54 Å². The maximum atomic E-state index is 12.3. The van der Waals surface area contributed by atoms with Gasteiger partial charge in [0.25, 0.3) is 0 Å². The van der Waals surface area contributed by atoms with Crippen LogP contribution in [0.15, 0.2) is 42.5 Å². The van der Waals surface area contributed by atoms with Gasteiger partial charge in [0.2, 0.25) is 0 Å². The third-order valence-corrected chi connectivity index (χ3v) is 4.28. The minimum atomic E-state index is -0.378. The Morgan fingerprint density at radius 2 is 2.00 bits per heavy atom. The molecular formula is C17H19NO4. The molecule has 1 aliphatic carbocycles. The fourth-order valence-corrected chi connectivity index (χ4v) is 3.17. The molecular weight excluding hydrogens is 282 g/mol. The van der Waals surface area contributed by atoms with Crippen LogP contribution in [0.5, 0.6) is 0 Å². The minimum absolute atomic E-state index is 0.193. The van der Waals surface area contributed by atoms with Gasteiger partial charge in [-0.1, -0.05) is 42.5 Å². The van der Waals surface area contributed by atoms with E-state index in [9.17, 15) is 9.59 Å². The number of rotatable bonds is 3. The lowest BCUT2D eigenvalue weighted by Crippen LogP contribution is -2.55. The molecule has 1 amide bonds. The standard InChI is InChI=1S/C17H19NO4/c1-21-16(19)14-9-13-7-8-15(14)18(10-13)17(20)22-11-12-5-3-2-4-6-12/h2-8,13-15H,9-11H2,1H3/t13-,14-,15+/m0/s1. The lowest BCUT2D eigenvalue weighted by atomic mass is 9.78. The highest BCUT2D eigenvalue weighted by Gasteiger charge is 2.44. The average molecular weight is 301 g/mol. The number of piperidine rings is 1. The van der Waals surface area contributed by atoms with E-state index in [0.717, 1.165) is 12.0 Å². The van der Waals surface area contributed by atoms with E-state index >= 15 is 0 Å². The molecule has 2 heterocycles. The van der Waals surface area contributed by atoms with Crippen LogP contribution in [-0.4, -0.2) is 36.7 Å². The Hall–Kier alpha value is -2.30. The van der Waals surface area contributed by atoms with E-state index in [1.807, 2.05) is 36.4 Å². The summed E-state index contributed by atoms with van der Waals surface area (Å²) in [5, 5.41) is 0. The first-order valence-electron chi connectivity index (χ1n) is 7.42. The quantitative estimate of drug-likeness (QED) is 0.635. The summed E-state index contributed by atoms with van der Waals surface area (Å²) in [4.78, 5) is 25.8. The molecule has 5 nitrogen and oxygen atoms in total. The van der Waals surface area contributed by atoms with Gasteiger partial charge in [0.05, 0.1) is 19.1 Å². The number of carbonyl (C=O) groups excluding carboxylic acids is 2. The van der Waals surface area contributed by atoms with Gasteiger partial charge in [-0.3, -0.25) is 4.79 Å². The largest absolute Gasteiger partial charge is 0.469 e. The summed E-state index contributed by atoms with van der Waals surface area (Å²) in [7, 11) is 1.38. The topological polar surface area (TPSA) is 55.8 Å². The van der Waals surface area contributed by atoms with Crippen molar-refractivity contribution in [2.45, 2.75) is 19.1 Å². The van der Waals surface area contributed by atoms with Gasteiger partial charge >= 0.3 is 12.1 Å². The van der Waals surface area contributed by atoms with Gasteiger partial charge in [-0.2, -0.15) is 0 Å². The van der Waals surface area contributed by atoms with Crippen molar-refractivity contribution in [3.63, 3.8) is 0 Å². The van der Waals surface area contributed by atoms with Crippen LogP contribution < -0.4 is 0 Å². The summed E-state index contributed by atoms with van der Waals surface area (Å²) >= 11 is 0. The molecule has 0 spiro atoms. The second kappa shape index (κ2) is 6.22. The number of amides is 1. The SMILES string of the molecule is COC(=O)[C@H]1C[C@@H]2C=C[C@H]1N(C(=O)OCc1ccccc1)C2. The summed E-state index contributed by atoms with van der Waals surface area (Å²) in [5.41, 5.74) is 0.943. The number of fused-ring (bicyclic) bond motifs is 2. The van der Waals surface area contributed by atoms with E-state index in [-0.39, 0.29) is 36.5 Å². The highest BCUT2D eigenvalue weighted by molar-refractivity contribution is 5.77. The molecule has 2 bridgehead atoms. The van der Waals surface area contributed by atoms with Gasteiger partial charge in [0.1, 0.15) is 6.61 Å². The van der Waals surface area contributed by atoms with Gasteiger partial charge in [0.15, 0.2) is 0 Å². The van der Waals surface area contributed by atoms with Crippen molar-refractivity contribution < 1.29 is 19.1 Å². The Kier molecular flexibility index (Phi) is 4.13. The second-order valence-corrected chi connectivity index (χ2v) is 5.69. The van der Waals surface area contributed by atoms with E-state index in [0.29, 0.717) is 6.54 Å². The number of hydrogen-bond acceptors (Lipinski definition) is 4. The van der Waals surface area contributed by atoms with Crippen LogP contribution in [0.3, 0.4) is 0 Å². The van der Waals surface area contributed by atoms with Crippen molar-refractivity contribution in [3.8, 4) is 0 Å². The molecule has 1 aromatic rings. The zero-order valence-electron chi connectivity index (χ0n) is 12.5. The molecule has 1 aromatic carbocycles. The van der Waals surface area contributed by atoms with Crippen molar-refractivity contribution in [1.82, 2.24) is 4.90 Å². The van der Waals surface area contributed by atoms with Crippen molar-refractivity contribution in [3.05, 3.63) is 48.0 Å². The number of benzene rings is 1. The van der Waals surface area contributed by atoms with Crippen molar-refractivity contribution in [1.29, 1.82) is 0 Å². The fraction of sp³-hybridized carbons (Fsp3) is 0.412. The molecule has 2 aliphatic heterocycles. The third kappa shape index (κ3) is 2.84. The number of esters is 1. The van der Waals surface area contributed by atoms with E-state index in [2.05, 4.69) is 6.08 Å². The van der Waals surface area contributed by atoms with E-state index in [1.54, 1.807) is 4.90 Å². The van der Waals surface area contributed by atoms with Crippen LogP contribution in [-0.2, 0) is 20.9 Å².